The van der Waals surface area contributed by atoms with Gasteiger partial charge in [-0.15, -0.1) is 0 Å². The van der Waals surface area contributed by atoms with Gasteiger partial charge in [-0.1, -0.05) is 0 Å². The Kier molecular flexibility index (Phi) is 2.85. The van der Waals surface area contributed by atoms with Gasteiger partial charge >= 0.3 is 5.97 Å². The molecule has 0 aliphatic heterocycles. The summed E-state index contributed by atoms with van der Waals surface area (Å²) in [5.74, 6) is -0.143. The highest BCUT2D eigenvalue weighted by atomic mass is 16.4. The molecule has 0 atom stereocenters. The first-order valence-electron chi connectivity index (χ1n) is 3.81. The van der Waals surface area contributed by atoms with E-state index in [1.807, 2.05) is 0 Å². The van der Waals surface area contributed by atoms with Crippen molar-refractivity contribution < 1.29 is 14.3 Å². The predicted octanol–water partition coefficient (Wildman–Crippen LogP) is 1.39. The van der Waals surface area contributed by atoms with Crippen LogP contribution in [0, 0.1) is 6.92 Å². The van der Waals surface area contributed by atoms with E-state index in [1.54, 1.807) is 13.2 Å². The number of aryl methyl sites for hydroxylation is 2. The van der Waals surface area contributed by atoms with E-state index in [1.165, 1.54) is 0 Å². The summed E-state index contributed by atoms with van der Waals surface area (Å²) in [7, 11) is 0. The van der Waals surface area contributed by atoms with Crippen molar-refractivity contribution in [2.24, 2.45) is 0 Å². The van der Waals surface area contributed by atoms with Crippen LogP contribution in [-0.2, 0) is 11.2 Å². The number of rotatable bonds is 4. The lowest BCUT2D eigenvalue weighted by Crippen LogP contribution is -1.95. The van der Waals surface area contributed by atoms with Crippen molar-refractivity contribution in [3.05, 3.63) is 17.8 Å². The molecular weight excluding hydrogens is 158 g/mol. The first-order valence-corrected chi connectivity index (χ1v) is 3.81. The molecule has 0 aliphatic carbocycles. The van der Waals surface area contributed by atoms with E-state index >= 15 is 0 Å². The summed E-state index contributed by atoms with van der Waals surface area (Å²) in [6.07, 6.45) is 3.04. The van der Waals surface area contributed by atoms with Gasteiger partial charge in [0.25, 0.3) is 0 Å². The smallest absolute Gasteiger partial charge is 0.303 e. The third-order valence-electron chi connectivity index (χ3n) is 1.49. The molecule has 4 heteroatoms. The minimum atomic E-state index is -0.768. The number of carboxylic acid groups (broad SMARTS) is 1. The van der Waals surface area contributed by atoms with E-state index in [0.29, 0.717) is 18.7 Å². The third kappa shape index (κ3) is 2.74. The average Bonchev–Trinajstić information content (AvgIpc) is 2.35. The molecule has 1 aromatic heterocycles. The number of aliphatic carboxylic acids is 1. The molecule has 0 saturated heterocycles. The quantitative estimate of drug-likeness (QED) is 0.739. The Morgan fingerprint density at radius 1 is 1.75 bits per heavy atom. The number of hydrogen-bond donors (Lipinski definition) is 1. The summed E-state index contributed by atoms with van der Waals surface area (Å²) in [6.45, 7) is 1.76. The average molecular weight is 169 g/mol. The van der Waals surface area contributed by atoms with Gasteiger partial charge in [0.1, 0.15) is 6.26 Å². The molecule has 0 bridgehead atoms. The zero-order valence-electron chi connectivity index (χ0n) is 6.91. The van der Waals surface area contributed by atoms with Crippen molar-refractivity contribution in [1.29, 1.82) is 0 Å². The van der Waals surface area contributed by atoms with Crippen molar-refractivity contribution in [2.45, 2.75) is 26.2 Å². The van der Waals surface area contributed by atoms with Crippen LogP contribution in [0.3, 0.4) is 0 Å². The van der Waals surface area contributed by atoms with Crippen LogP contribution in [0.15, 0.2) is 10.7 Å². The molecule has 0 aliphatic rings. The molecule has 0 unspecified atom stereocenters. The van der Waals surface area contributed by atoms with Crippen molar-refractivity contribution in [3.8, 4) is 0 Å². The van der Waals surface area contributed by atoms with Crippen molar-refractivity contribution >= 4 is 5.97 Å². The lowest BCUT2D eigenvalue weighted by molar-refractivity contribution is -0.137. The monoisotopic (exact) mass is 169 g/mol. The fourth-order valence-corrected chi connectivity index (χ4v) is 0.944. The Balaban J connectivity index is 2.29. The molecule has 4 nitrogen and oxygen atoms in total. The van der Waals surface area contributed by atoms with Gasteiger partial charge in [-0.2, -0.15) is 0 Å². The maximum absolute atomic E-state index is 10.2. The summed E-state index contributed by atoms with van der Waals surface area (Å²) in [5.41, 5.74) is 0.828. The van der Waals surface area contributed by atoms with Crippen molar-refractivity contribution in [1.82, 2.24) is 4.98 Å². The molecule has 1 rings (SSSR count). The fourth-order valence-electron chi connectivity index (χ4n) is 0.944. The van der Waals surface area contributed by atoms with Gasteiger partial charge in [-0.3, -0.25) is 4.79 Å². The van der Waals surface area contributed by atoms with Gasteiger partial charge in [-0.25, -0.2) is 4.98 Å². The van der Waals surface area contributed by atoms with Crippen LogP contribution in [0.5, 0.6) is 0 Å². The minimum absolute atomic E-state index is 0.186. The predicted molar refractivity (Wildman–Crippen MR) is 41.8 cm³/mol. The number of nitrogens with zero attached hydrogens (tertiary/aromatic N) is 1. The Morgan fingerprint density at radius 3 is 3.00 bits per heavy atom. The maximum atomic E-state index is 10.2. The largest absolute Gasteiger partial charge is 0.481 e. The van der Waals surface area contributed by atoms with Crippen LogP contribution in [0.25, 0.3) is 0 Å². The number of hydrogen-bond acceptors (Lipinski definition) is 3. The molecule has 12 heavy (non-hydrogen) atoms. The lowest BCUT2D eigenvalue weighted by Gasteiger charge is -1.91. The van der Waals surface area contributed by atoms with Crippen LogP contribution < -0.4 is 0 Å². The van der Waals surface area contributed by atoms with E-state index < -0.39 is 5.97 Å². The molecule has 1 aromatic rings. The number of oxazole rings is 1. The Labute approximate surface area is 70.2 Å². The molecule has 0 aromatic carbocycles. The van der Waals surface area contributed by atoms with E-state index in [-0.39, 0.29) is 6.42 Å². The van der Waals surface area contributed by atoms with Gasteiger partial charge in [-0.05, 0) is 12.8 Å². The van der Waals surface area contributed by atoms with Gasteiger partial charge in [0.05, 0.1) is 5.69 Å². The van der Waals surface area contributed by atoms with E-state index in [9.17, 15) is 4.79 Å². The number of carboxylic acids is 1. The molecule has 0 fully saturated rings. The molecule has 0 saturated carbocycles. The lowest BCUT2D eigenvalue weighted by atomic mass is 10.2. The highest BCUT2D eigenvalue weighted by molar-refractivity contribution is 5.66. The highest BCUT2D eigenvalue weighted by Gasteiger charge is 2.01. The molecule has 0 spiro atoms. The summed E-state index contributed by atoms with van der Waals surface area (Å²) in [6, 6.07) is 0. The van der Waals surface area contributed by atoms with Gasteiger partial charge < -0.3 is 9.52 Å². The first kappa shape index (κ1) is 8.77. The maximum Gasteiger partial charge on any atom is 0.303 e. The van der Waals surface area contributed by atoms with Gasteiger partial charge in [0, 0.05) is 13.3 Å². The highest BCUT2D eigenvalue weighted by Crippen LogP contribution is 2.04. The second kappa shape index (κ2) is 3.90. The van der Waals surface area contributed by atoms with Gasteiger partial charge in [0.15, 0.2) is 5.89 Å². The van der Waals surface area contributed by atoms with Gasteiger partial charge in [0.2, 0.25) is 0 Å². The van der Waals surface area contributed by atoms with Crippen LogP contribution in [0.4, 0.5) is 0 Å². The van der Waals surface area contributed by atoms with Crippen molar-refractivity contribution in [2.75, 3.05) is 0 Å². The number of carbonyl (C=O) groups is 1. The zero-order valence-corrected chi connectivity index (χ0v) is 6.91. The normalized spacial score (nSPS) is 10.1. The minimum Gasteiger partial charge on any atom is -0.481 e. The van der Waals surface area contributed by atoms with E-state index in [4.69, 9.17) is 9.52 Å². The summed E-state index contributed by atoms with van der Waals surface area (Å²) >= 11 is 0. The zero-order chi connectivity index (χ0) is 8.97. The van der Waals surface area contributed by atoms with Crippen LogP contribution in [-0.4, -0.2) is 16.1 Å². The second-order valence-electron chi connectivity index (χ2n) is 2.61. The second-order valence-corrected chi connectivity index (χ2v) is 2.61. The number of aromatic nitrogens is 1. The Bertz CT molecular complexity index is 267. The summed E-state index contributed by atoms with van der Waals surface area (Å²) < 4.78 is 4.96. The summed E-state index contributed by atoms with van der Waals surface area (Å²) in [5, 5.41) is 8.35. The molecule has 1 heterocycles. The molecule has 1 N–H and O–H groups in total. The summed E-state index contributed by atoms with van der Waals surface area (Å²) in [4.78, 5) is 14.2. The molecule has 66 valence electrons. The van der Waals surface area contributed by atoms with Crippen LogP contribution >= 0.6 is 0 Å². The van der Waals surface area contributed by atoms with Crippen LogP contribution in [0.1, 0.15) is 24.4 Å². The molecular formula is C8H11NO3. The Morgan fingerprint density at radius 2 is 2.50 bits per heavy atom. The first-order chi connectivity index (χ1) is 5.68. The topological polar surface area (TPSA) is 63.3 Å². The molecule has 0 amide bonds. The third-order valence-corrected chi connectivity index (χ3v) is 1.49. The standard InChI is InChI=1S/C8H11NO3/c1-6-9-7(5-12-6)3-2-4-8(10)11/h5H,2-4H2,1H3,(H,10,11). The Hall–Kier alpha value is -1.32. The van der Waals surface area contributed by atoms with E-state index in [0.717, 1.165) is 5.69 Å². The SMILES string of the molecule is Cc1nc(CCCC(=O)O)co1. The van der Waals surface area contributed by atoms with Crippen LogP contribution in [0.2, 0.25) is 0 Å². The van der Waals surface area contributed by atoms with E-state index in [2.05, 4.69) is 4.98 Å². The van der Waals surface area contributed by atoms with Crippen molar-refractivity contribution in [3.63, 3.8) is 0 Å². The fraction of sp³-hybridized carbons (Fsp3) is 0.500. The molecule has 0 radical (unpaired) electrons.